The normalized spacial score (nSPS) is 18.3. The Balaban J connectivity index is 1.76. The van der Waals surface area contributed by atoms with Gasteiger partial charge in [0.15, 0.2) is 11.2 Å². The second-order valence-electron chi connectivity index (χ2n) is 10.3. The summed E-state index contributed by atoms with van der Waals surface area (Å²) in [6, 6.07) is 6.16. The number of rotatable bonds is 16. The third-order valence-electron chi connectivity index (χ3n) is 7.21. The predicted octanol–water partition coefficient (Wildman–Crippen LogP) is 2.74. The van der Waals surface area contributed by atoms with E-state index in [4.69, 9.17) is 24.0 Å². The Hall–Kier alpha value is -2.82. The minimum absolute atomic E-state index is 0.00898. The van der Waals surface area contributed by atoms with Gasteiger partial charge in [-0.25, -0.2) is 4.98 Å². The van der Waals surface area contributed by atoms with Crippen LogP contribution in [0.1, 0.15) is 51.5 Å². The summed E-state index contributed by atoms with van der Waals surface area (Å²) in [4.78, 5) is 46.0. The van der Waals surface area contributed by atoms with Crippen molar-refractivity contribution in [2.45, 2.75) is 63.9 Å². The molecule has 0 spiro atoms. The van der Waals surface area contributed by atoms with Gasteiger partial charge in [-0.3, -0.25) is 14.7 Å². The van der Waals surface area contributed by atoms with Crippen LogP contribution in [0.4, 0.5) is 11.6 Å². The highest BCUT2D eigenvalue weighted by atomic mass is 32.5. The molecular formula is C26H37N6O9PS. The van der Waals surface area contributed by atoms with Crippen LogP contribution in [0, 0.1) is 10.1 Å². The van der Waals surface area contributed by atoms with Gasteiger partial charge in [-0.15, -0.1) is 0 Å². The summed E-state index contributed by atoms with van der Waals surface area (Å²) in [6.07, 6.45) is 5.16. The molecule has 4 N–H and O–H groups in total. The fourth-order valence-corrected chi connectivity index (χ4v) is 5.26. The maximum absolute atomic E-state index is 11.0. The summed E-state index contributed by atoms with van der Waals surface area (Å²) in [5, 5.41) is 33.0. The average Bonchev–Trinajstić information content (AvgIpc) is 3.52. The highest BCUT2D eigenvalue weighted by Crippen LogP contribution is 2.46. The quantitative estimate of drug-likeness (QED) is 0.0771. The monoisotopic (exact) mass is 640 g/mol. The maximum Gasteiger partial charge on any atom is 0.322 e. The molecule has 1 aromatic carbocycles. The molecule has 0 bridgehead atoms. The van der Waals surface area contributed by atoms with Gasteiger partial charge in [-0.1, -0.05) is 38.8 Å². The number of anilines is 1. The lowest BCUT2D eigenvalue weighted by Gasteiger charge is -2.38. The number of imidazole rings is 1. The van der Waals surface area contributed by atoms with Crippen molar-refractivity contribution in [2.75, 3.05) is 37.8 Å². The molecule has 43 heavy (non-hydrogen) atoms. The maximum atomic E-state index is 11.0. The average molecular weight is 641 g/mol. The molecular weight excluding hydrogens is 603 g/mol. The zero-order valence-corrected chi connectivity index (χ0v) is 25.7. The number of non-ortho nitro benzene ring substituents is 1. The van der Waals surface area contributed by atoms with Crippen LogP contribution in [0.25, 0.3) is 11.2 Å². The third-order valence-corrected chi connectivity index (χ3v) is 7.99. The van der Waals surface area contributed by atoms with E-state index in [1.54, 1.807) is 12.1 Å². The van der Waals surface area contributed by atoms with Crippen molar-refractivity contribution < 1.29 is 38.9 Å². The molecule has 1 fully saturated rings. The number of aliphatic hydroxyl groups is 2. The van der Waals surface area contributed by atoms with E-state index in [-0.39, 0.29) is 42.4 Å². The summed E-state index contributed by atoms with van der Waals surface area (Å²) in [7, 11) is 0. The molecule has 17 heteroatoms. The zero-order chi connectivity index (χ0) is 31.3. The molecule has 0 radical (unpaired) electrons. The summed E-state index contributed by atoms with van der Waals surface area (Å²) < 4.78 is 18.3. The van der Waals surface area contributed by atoms with Gasteiger partial charge in [0, 0.05) is 38.1 Å². The van der Waals surface area contributed by atoms with E-state index in [9.17, 15) is 30.1 Å². The van der Waals surface area contributed by atoms with E-state index in [0.29, 0.717) is 25.5 Å². The highest BCUT2D eigenvalue weighted by Gasteiger charge is 2.58. The van der Waals surface area contributed by atoms with Crippen LogP contribution in [0.15, 0.2) is 30.6 Å². The molecule has 0 saturated carbocycles. The van der Waals surface area contributed by atoms with Crippen LogP contribution >= 0.6 is 6.72 Å². The van der Waals surface area contributed by atoms with Crippen molar-refractivity contribution in [1.82, 2.24) is 19.5 Å². The Morgan fingerprint density at radius 3 is 2.40 bits per heavy atom. The van der Waals surface area contributed by atoms with Gasteiger partial charge in [0.05, 0.1) is 24.5 Å². The van der Waals surface area contributed by atoms with Gasteiger partial charge in [0.25, 0.3) is 5.69 Å². The Morgan fingerprint density at radius 2 is 1.84 bits per heavy atom. The van der Waals surface area contributed by atoms with Crippen LogP contribution in [-0.4, -0.2) is 83.1 Å². The number of nitro benzene ring substituents is 1. The van der Waals surface area contributed by atoms with Crippen LogP contribution in [0.2, 0.25) is 0 Å². The van der Waals surface area contributed by atoms with Crippen molar-refractivity contribution in [3.8, 4) is 5.88 Å². The highest BCUT2D eigenvalue weighted by molar-refractivity contribution is 8.06. The Bertz CT molecular complexity index is 1440. The SMILES string of the molecule is CCCCN(CCCC)c1nc(OCCc2ccc([N+](=O)[O-])cc2)c2ncn(C3(COP(O)(O)=S)OCCC3(O)O)c2n1. The van der Waals surface area contributed by atoms with E-state index < -0.39 is 29.8 Å². The van der Waals surface area contributed by atoms with Crippen molar-refractivity contribution in [3.63, 3.8) is 0 Å². The number of nitrogens with zero attached hydrogens (tertiary/aromatic N) is 6. The Morgan fingerprint density at radius 1 is 1.16 bits per heavy atom. The van der Waals surface area contributed by atoms with Crippen LogP contribution in [0.3, 0.4) is 0 Å². The number of hydrogen-bond donors (Lipinski definition) is 4. The van der Waals surface area contributed by atoms with Gasteiger partial charge in [-0.2, -0.15) is 9.97 Å². The molecule has 1 atom stereocenters. The van der Waals surface area contributed by atoms with Crippen LogP contribution in [-0.2, 0) is 33.2 Å². The van der Waals surface area contributed by atoms with Gasteiger partial charge in [-0.05, 0) is 30.2 Å². The molecule has 1 unspecified atom stereocenters. The second kappa shape index (κ2) is 13.9. The van der Waals surface area contributed by atoms with Crippen molar-refractivity contribution in [2.24, 2.45) is 0 Å². The van der Waals surface area contributed by atoms with Gasteiger partial charge < -0.3 is 38.9 Å². The van der Waals surface area contributed by atoms with E-state index in [1.165, 1.54) is 23.0 Å². The van der Waals surface area contributed by atoms with Crippen molar-refractivity contribution in [1.29, 1.82) is 0 Å². The molecule has 236 valence electrons. The summed E-state index contributed by atoms with van der Waals surface area (Å²) >= 11 is 4.60. The fraction of sp³-hybridized carbons (Fsp3) is 0.577. The lowest BCUT2D eigenvalue weighted by atomic mass is 10.0. The number of unbranched alkanes of at least 4 members (excludes halogenated alkanes) is 2. The largest absolute Gasteiger partial charge is 0.476 e. The molecule has 1 saturated heterocycles. The van der Waals surface area contributed by atoms with Gasteiger partial charge >= 0.3 is 6.72 Å². The summed E-state index contributed by atoms with van der Waals surface area (Å²) in [5.74, 6) is -2.02. The smallest absolute Gasteiger partial charge is 0.322 e. The number of aromatic nitrogens is 4. The first-order valence-electron chi connectivity index (χ1n) is 14.1. The van der Waals surface area contributed by atoms with Crippen molar-refractivity contribution in [3.05, 3.63) is 46.3 Å². The topological polar surface area (TPSA) is 199 Å². The van der Waals surface area contributed by atoms with Crippen LogP contribution in [0.5, 0.6) is 5.88 Å². The van der Waals surface area contributed by atoms with Gasteiger partial charge in [0.1, 0.15) is 6.61 Å². The fourth-order valence-electron chi connectivity index (χ4n) is 4.76. The van der Waals surface area contributed by atoms with Crippen LogP contribution < -0.4 is 9.64 Å². The molecule has 15 nitrogen and oxygen atoms in total. The molecule has 3 heterocycles. The van der Waals surface area contributed by atoms with Crippen molar-refractivity contribution >= 4 is 41.3 Å². The number of benzene rings is 1. The minimum Gasteiger partial charge on any atom is -0.476 e. The van der Waals surface area contributed by atoms with E-state index in [2.05, 4.69) is 30.6 Å². The summed E-state index contributed by atoms with van der Waals surface area (Å²) in [5.41, 5.74) is -0.896. The first kappa shape index (κ1) is 33.1. The molecule has 3 aromatic rings. The molecule has 1 aliphatic heterocycles. The zero-order valence-electron chi connectivity index (χ0n) is 24.0. The molecule has 2 aromatic heterocycles. The second-order valence-corrected chi connectivity index (χ2v) is 13.0. The van der Waals surface area contributed by atoms with E-state index >= 15 is 0 Å². The molecule has 1 aliphatic rings. The lowest BCUT2D eigenvalue weighted by molar-refractivity contribution is -0.384. The van der Waals surface area contributed by atoms with E-state index in [0.717, 1.165) is 31.2 Å². The molecule has 4 rings (SSSR count). The number of hydrogen-bond acceptors (Lipinski definition) is 12. The summed E-state index contributed by atoms with van der Waals surface area (Å²) in [6.45, 7) is 0.681. The van der Waals surface area contributed by atoms with E-state index in [1.807, 2.05) is 4.90 Å². The first-order chi connectivity index (χ1) is 20.4. The molecule has 0 aliphatic carbocycles. The number of nitro groups is 1. The Kier molecular flexibility index (Phi) is 10.7. The van der Waals surface area contributed by atoms with Gasteiger partial charge in [0.2, 0.25) is 23.3 Å². The molecule has 0 amide bonds. The first-order valence-corrected chi connectivity index (χ1v) is 16.7. The predicted molar refractivity (Wildman–Crippen MR) is 160 cm³/mol. The lowest BCUT2D eigenvalue weighted by Crippen LogP contribution is -2.55. The third kappa shape index (κ3) is 7.64. The standard InChI is InChI=1S/C26H37N6O9PS/c1-3-5-13-30(14-6-4-2)24-28-22-21(23(29-24)39-15-11-19-7-9-20(10-8-19)32(35)36)27-18-31(22)25(17-41-42(37,38)43)26(33,34)12-16-40-25/h7-10,18,33-34H,3-6,11-17H2,1-2H3,(H2,37,38,43). The minimum atomic E-state index is -4.20. The number of fused-ring (bicyclic) bond motifs is 1. The number of ether oxygens (including phenoxy) is 2. The Labute approximate surface area is 253 Å².